The molecule has 0 spiro atoms. The highest BCUT2D eigenvalue weighted by atomic mass is 32.2. The summed E-state index contributed by atoms with van der Waals surface area (Å²) in [5, 5.41) is 0. The van der Waals surface area contributed by atoms with Crippen LogP contribution in [0.2, 0.25) is 0 Å². The van der Waals surface area contributed by atoms with Gasteiger partial charge in [-0.25, -0.2) is 0 Å². The van der Waals surface area contributed by atoms with Gasteiger partial charge in [0.05, 0.1) is 5.60 Å². The second kappa shape index (κ2) is 3.91. The van der Waals surface area contributed by atoms with Crippen LogP contribution in [0.5, 0.6) is 0 Å². The molecule has 1 saturated heterocycles. The van der Waals surface area contributed by atoms with Crippen LogP contribution in [0.3, 0.4) is 0 Å². The molecular weight excluding hydrogens is 237 g/mol. The van der Waals surface area contributed by atoms with Gasteiger partial charge in [-0.05, 0) is 6.92 Å². The molecule has 1 rings (SSSR count). The topological polar surface area (TPSA) is 52.6 Å². The lowest BCUT2D eigenvalue weighted by atomic mass is 9.98. The first-order valence-electron chi connectivity index (χ1n) is 4.26. The van der Waals surface area contributed by atoms with Crippen molar-refractivity contribution in [3.8, 4) is 0 Å². The Kier molecular flexibility index (Phi) is 3.32. The van der Waals surface area contributed by atoms with Crippen LogP contribution in [0.25, 0.3) is 0 Å². The molecule has 0 N–H and O–H groups in total. The minimum Gasteiger partial charge on any atom is -0.381 e. The van der Waals surface area contributed by atoms with Gasteiger partial charge in [0.25, 0.3) is 0 Å². The van der Waals surface area contributed by atoms with Crippen molar-refractivity contribution in [3.63, 3.8) is 0 Å². The van der Waals surface area contributed by atoms with E-state index in [0.717, 1.165) is 0 Å². The van der Waals surface area contributed by atoms with Crippen molar-refractivity contribution in [2.24, 2.45) is 0 Å². The van der Waals surface area contributed by atoms with Crippen molar-refractivity contribution in [2.45, 2.75) is 30.9 Å². The zero-order chi connectivity index (χ0) is 11.7. The number of hydrogen-bond acceptors (Lipinski definition) is 4. The van der Waals surface area contributed by atoms with E-state index in [0.29, 0.717) is 0 Å². The smallest absolute Gasteiger partial charge is 0.381 e. The third-order valence-corrected chi connectivity index (χ3v) is 3.33. The van der Waals surface area contributed by atoms with Crippen molar-refractivity contribution in [1.82, 2.24) is 0 Å². The average molecular weight is 248 g/mol. The van der Waals surface area contributed by atoms with Gasteiger partial charge in [-0.3, -0.25) is 4.18 Å². The lowest BCUT2D eigenvalue weighted by molar-refractivity contribution is -0.0794. The fraction of sp³-hybridized carbons (Fsp3) is 1.00. The number of rotatable bonds is 2. The molecule has 4 nitrogen and oxygen atoms in total. The molecule has 1 fully saturated rings. The quantitative estimate of drug-likeness (QED) is 0.548. The highest BCUT2D eigenvalue weighted by molar-refractivity contribution is 7.87. The summed E-state index contributed by atoms with van der Waals surface area (Å²) >= 11 is 0. The van der Waals surface area contributed by atoms with Gasteiger partial charge in [-0.2, -0.15) is 21.6 Å². The molecule has 1 aliphatic heterocycles. The van der Waals surface area contributed by atoms with Crippen LogP contribution in [0.1, 0.15) is 19.8 Å². The van der Waals surface area contributed by atoms with Gasteiger partial charge in [0.1, 0.15) is 0 Å². The Hall–Kier alpha value is -0.340. The first-order valence-corrected chi connectivity index (χ1v) is 5.67. The summed E-state index contributed by atoms with van der Waals surface area (Å²) in [6.07, 6.45) is 0.255. The van der Waals surface area contributed by atoms with Gasteiger partial charge in [0.15, 0.2) is 0 Å². The van der Waals surface area contributed by atoms with Crippen LogP contribution in [0, 0.1) is 0 Å². The van der Waals surface area contributed by atoms with E-state index in [2.05, 4.69) is 4.18 Å². The number of alkyl halides is 3. The maximum atomic E-state index is 12.0. The molecule has 0 atom stereocenters. The summed E-state index contributed by atoms with van der Waals surface area (Å²) < 4.78 is 66.6. The fourth-order valence-electron chi connectivity index (χ4n) is 1.20. The molecule has 0 amide bonds. The van der Waals surface area contributed by atoms with Crippen molar-refractivity contribution in [2.75, 3.05) is 13.2 Å². The summed E-state index contributed by atoms with van der Waals surface area (Å²) in [4.78, 5) is 0. The molecule has 0 aromatic heterocycles. The molecule has 0 unspecified atom stereocenters. The molecule has 90 valence electrons. The summed E-state index contributed by atoms with van der Waals surface area (Å²) in [6, 6.07) is 0. The monoisotopic (exact) mass is 248 g/mol. The van der Waals surface area contributed by atoms with Crippen LogP contribution in [0.15, 0.2) is 0 Å². The second-order valence-corrected chi connectivity index (χ2v) is 5.08. The summed E-state index contributed by atoms with van der Waals surface area (Å²) in [5.41, 5.74) is -6.68. The number of hydrogen-bond donors (Lipinski definition) is 0. The Labute approximate surface area is 85.5 Å². The standard InChI is InChI=1S/C7H11F3O4S/c1-6(2-4-13-5-3-6)14-15(11,12)7(8,9)10/h2-5H2,1H3. The molecule has 0 aromatic carbocycles. The first kappa shape index (κ1) is 12.7. The number of ether oxygens (including phenoxy) is 1. The van der Waals surface area contributed by atoms with Gasteiger partial charge in [0.2, 0.25) is 0 Å². The zero-order valence-corrected chi connectivity index (χ0v) is 8.82. The van der Waals surface area contributed by atoms with Crippen molar-refractivity contribution >= 4 is 10.1 Å². The van der Waals surface area contributed by atoms with Crippen LogP contribution in [0.4, 0.5) is 13.2 Å². The summed E-state index contributed by atoms with van der Waals surface area (Å²) in [5.74, 6) is 0. The average Bonchev–Trinajstić information content (AvgIpc) is 2.00. The first-order chi connectivity index (χ1) is 6.66. The summed E-state index contributed by atoms with van der Waals surface area (Å²) in [6.45, 7) is 1.73. The zero-order valence-electron chi connectivity index (χ0n) is 8.00. The minimum absolute atomic E-state index is 0.127. The molecule has 0 aromatic rings. The van der Waals surface area contributed by atoms with E-state index in [1.807, 2.05) is 0 Å². The van der Waals surface area contributed by atoms with Gasteiger partial charge in [0, 0.05) is 26.1 Å². The molecule has 15 heavy (non-hydrogen) atoms. The highest BCUT2D eigenvalue weighted by Gasteiger charge is 2.51. The summed E-state index contributed by atoms with van der Waals surface area (Å²) in [7, 11) is -5.51. The molecule has 0 aliphatic carbocycles. The Morgan fingerprint density at radius 2 is 1.73 bits per heavy atom. The van der Waals surface area contributed by atoms with E-state index in [1.54, 1.807) is 0 Å². The third kappa shape index (κ3) is 3.05. The molecule has 0 radical (unpaired) electrons. The second-order valence-electron chi connectivity index (χ2n) is 3.55. The third-order valence-electron chi connectivity index (χ3n) is 2.14. The highest BCUT2D eigenvalue weighted by Crippen LogP contribution is 2.33. The Morgan fingerprint density at radius 3 is 2.13 bits per heavy atom. The van der Waals surface area contributed by atoms with Crippen LogP contribution < -0.4 is 0 Å². The lowest BCUT2D eigenvalue weighted by Crippen LogP contribution is -2.41. The van der Waals surface area contributed by atoms with Gasteiger partial charge < -0.3 is 4.74 Å². The van der Waals surface area contributed by atoms with E-state index in [1.165, 1.54) is 6.92 Å². The molecule has 0 saturated carbocycles. The van der Waals surface area contributed by atoms with E-state index in [4.69, 9.17) is 4.74 Å². The normalized spacial score (nSPS) is 22.7. The van der Waals surface area contributed by atoms with Gasteiger partial charge >= 0.3 is 15.6 Å². The van der Waals surface area contributed by atoms with E-state index >= 15 is 0 Å². The Morgan fingerprint density at radius 1 is 1.27 bits per heavy atom. The van der Waals surface area contributed by atoms with Crippen LogP contribution >= 0.6 is 0 Å². The van der Waals surface area contributed by atoms with Crippen molar-refractivity contribution < 1.29 is 30.5 Å². The molecule has 1 aliphatic rings. The molecule has 8 heteroatoms. The van der Waals surface area contributed by atoms with Gasteiger partial charge in [-0.1, -0.05) is 0 Å². The van der Waals surface area contributed by atoms with Crippen LogP contribution in [-0.2, 0) is 19.0 Å². The molecular formula is C7H11F3O4S. The Balaban J connectivity index is 2.76. The fourth-order valence-corrected chi connectivity index (χ4v) is 1.99. The van der Waals surface area contributed by atoms with Crippen molar-refractivity contribution in [3.05, 3.63) is 0 Å². The number of halogens is 3. The maximum Gasteiger partial charge on any atom is 0.523 e. The SMILES string of the molecule is CC1(OS(=O)(=O)C(F)(F)F)CCOCC1. The Bertz CT molecular complexity index is 316. The maximum absolute atomic E-state index is 12.0. The van der Waals surface area contributed by atoms with E-state index in [-0.39, 0.29) is 26.1 Å². The van der Waals surface area contributed by atoms with Gasteiger partial charge in [-0.15, -0.1) is 0 Å². The lowest BCUT2D eigenvalue weighted by Gasteiger charge is -2.32. The molecule has 0 bridgehead atoms. The van der Waals surface area contributed by atoms with Crippen LogP contribution in [-0.4, -0.2) is 32.7 Å². The largest absolute Gasteiger partial charge is 0.523 e. The van der Waals surface area contributed by atoms with E-state index in [9.17, 15) is 21.6 Å². The predicted octanol–water partition coefficient (Wildman–Crippen LogP) is 1.42. The van der Waals surface area contributed by atoms with E-state index < -0.39 is 21.2 Å². The van der Waals surface area contributed by atoms with Crippen molar-refractivity contribution in [1.29, 1.82) is 0 Å². The molecule has 1 heterocycles. The predicted molar refractivity (Wildman–Crippen MR) is 44.5 cm³/mol. The minimum atomic E-state index is -5.51.